The van der Waals surface area contributed by atoms with Crippen LogP contribution in [0.1, 0.15) is 35.9 Å². The number of alkyl halides is 3. The molecule has 1 aromatic heterocycles. The minimum atomic E-state index is -4.45. The molecule has 0 saturated carbocycles. The Bertz CT molecular complexity index is 1050. The van der Waals surface area contributed by atoms with Crippen LogP contribution in [0.3, 0.4) is 0 Å². The van der Waals surface area contributed by atoms with Crippen LogP contribution in [0.2, 0.25) is 0 Å². The van der Waals surface area contributed by atoms with Crippen molar-refractivity contribution in [3.63, 3.8) is 0 Å². The van der Waals surface area contributed by atoms with Crippen LogP contribution in [0, 0.1) is 0 Å². The number of benzene rings is 2. The maximum Gasteiger partial charge on any atom is 0.416 e. The highest BCUT2D eigenvalue weighted by Crippen LogP contribution is 2.30. The summed E-state index contributed by atoms with van der Waals surface area (Å²) in [6.45, 7) is 3.53. The van der Waals surface area contributed by atoms with Gasteiger partial charge in [0, 0.05) is 11.1 Å². The second-order valence-electron chi connectivity index (χ2n) is 6.27. The van der Waals surface area contributed by atoms with Gasteiger partial charge in [0.25, 0.3) is 11.5 Å². The Hall–Kier alpha value is -3.16. The Labute approximate surface area is 152 Å². The van der Waals surface area contributed by atoms with Crippen LogP contribution in [0.4, 0.5) is 18.9 Å². The molecule has 0 radical (unpaired) electrons. The molecule has 0 aliphatic carbocycles. The Kier molecular flexibility index (Phi) is 4.73. The molecule has 0 aliphatic heterocycles. The smallest absolute Gasteiger partial charge is 0.321 e. The van der Waals surface area contributed by atoms with Crippen LogP contribution < -0.4 is 10.9 Å². The van der Waals surface area contributed by atoms with Gasteiger partial charge < -0.3 is 5.32 Å². The predicted molar refractivity (Wildman–Crippen MR) is 95.8 cm³/mol. The van der Waals surface area contributed by atoms with E-state index in [2.05, 4.69) is 10.4 Å². The number of rotatable bonds is 3. The van der Waals surface area contributed by atoms with Crippen molar-refractivity contribution in [3.05, 3.63) is 70.1 Å². The number of fused-ring (bicyclic) bond motifs is 1. The first-order valence-corrected chi connectivity index (χ1v) is 8.18. The summed E-state index contributed by atoms with van der Waals surface area (Å²) < 4.78 is 39.2. The summed E-state index contributed by atoms with van der Waals surface area (Å²) in [5.74, 6) is -0.611. The minimum Gasteiger partial charge on any atom is -0.321 e. The standard InChI is InChI=1S/C19H16F3N3O2/c1-11(2)25-18(27)15-6-4-3-5-14(15)16(24-25)17(26)23-13-9-7-12(8-10-13)19(20,21)22/h3-11H,1-2H3,(H,23,26). The van der Waals surface area contributed by atoms with Gasteiger partial charge in [0.05, 0.1) is 17.0 Å². The zero-order valence-corrected chi connectivity index (χ0v) is 14.5. The van der Waals surface area contributed by atoms with Crippen molar-refractivity contribution in [1.29, 1.82) is 0 Å². The molecule has 27 heavy (non-hydrogen) atoms. The number of carbonyl (C=O) groups is 1. The highest BCUT2D eigenvalue weighted by Gasteiger charge is 2.30. The van der Waals surface area contributed by atoms with Crippen molar-refractivity contribution in [2.24, 2.45) is 0 Å². The number of anilines is 1. The molecular formula is C19H16F3N3O2. The Balaban J connectivity index is 2.01. The molecule has 0 spiro atoms. The molecule has 0 fully saturated rings. The summed E-state index contributed by atoms with van der Waals surface area (Å²) in [5, 5.41) is 7.42. The van der Waals surface area contributed by atoms with Gasteiger partial charge in [0.15, 0.2) is 5.69 Å². The Morgan fingerprint density at radius 2 is 1.63 bits per heavy atom. The van der Waals surface area contributed by atoms with Crippen LogP contribution in [-0.4, -0.2) is 15.7 Å². The van der Waals surface area contributed by atoms with E-state index in [0.29, 0.717) is 10.8 Å². The van der Waals surface area contributed by atoms with Gasteiger partial charge in [-0.05, 0) is 44.2 Å². The summed E-state index contributed by atoms with van der Waals surface area (Å²) in [4.78, 5) is 25.2. The second-order valence-corrected chi connectivity index (χ2v) is 6.27. The maximum absolute atomic E-state index is 12.7. The highest BCUT2D eigenvalue weighted by atomic mass is 19.4. The fourth-order valence-electron chi connectivity index (χ4n) is 2.66. The van der Waals surface area contributed by atoms with E-state index in [1.54, 1.807) is 38.1 Å². The molecular weight excluding hydrogens is 359 g/mol. The first-order chi connectivity index (χ1) is 12.7. The normalized spacial score (nSPS) is 11.8. The molecule has 0 saturated heterocycles. The third kappa shape index (κ3) is 3.69. The maximum atomic E-state index is 12.7. The molecule has 3 rings (SSSR count). The summed E-state index contributed by atoms with van der Waals surface area (Å²) in [6.07, 6.45) is -4.45. The third-order valence-electron chi connectivity index (χ3n) is 4.00. The number of nitrogens with zero attached hydrogens (tertiary/aromatic N) is 2. The fraction of sp³-hybridized carbons (Fsp3) is 0.211. The van der Waals surface area contributed by atoms with Crippen LogP contribution in [-0.2, 0) is 6.18 Å². The van der Waals surface area contributed by atoms with Gasteiger partial charge in [0.1, 0.15) is 0 Å². The fourth-order valence-corrected chi connectivity index (χ4v) is 2.66. The van der Waals surface area contributed by atoms with E-state index >= 15 is 0 Å². The molecule has 3 aromatic rings. The zero-order valence-electron chi connectivity index (χ0n) is 14.5. The van der Waals surface area contributed by atoms with E-state index in [-0.39, 0.29) is 23.0 Å². The van der Waals surface area contributed by atoms with Gasteiger partial charge in [-0.2, -0.15) is 18.3 Å². The number of carbonyl (C=O) groups excluding carboxylic acids is 1. The van der Waals surface area contributed by atoms with Crippen LogP contribution >= 0.6 is 0 Å². The third-order valence-corrected chi connectivity index (χ3v) is 4.00. The number of hydrogen-bond acceptors (Lipinski definition) is 3. The lowest BCUT2D eigenvalue weighted by Crippen LogP contribution is -2.28. The first-order valence-electron chi connectivity index (χ1n) is 8.18. The molecule has 5 nitrogen and oxygen atoms in total. The lowest BCUT2D eigenvalue weighted by Gasteiger charge is -2.14. The average Bonchev–Trinajstić information content (AvgIpc) is 2.61. The zero-order chi connectivity index (χ0) is 19.8. The Morgan fingerprint density at radius 3 is 2.19 bits per heavy atom. The summed E-state index contributed by atoms with van der Waals surface area (Å²) in [7, 11) is 0. The number of halogens is 3. The molecule has 0 unspecified atom stereocenters. The molecule has 0 atom stereocenters. The molecule has 140 valence electrons. The summed E-state index contributed by atoms with van der Waals surface area (Å²) in [5.41, 5.74) is -0.899. The van der Waals surface area contributed by atoms with Gasteiger partial charge in [-0.1, -0.05) is 18.2 Å². The van der Waals surface area contributed by atoms with Crippen molar-refractivity contribution in [2.75, 3.05) is 5.32 Å². The van der Waals surface area contributed by atoms with E-state index in [1.807, 2.05) is 0 Å². The van der Waals surface area contributed by atoms with Crippen molar-refractivity contribution in [1.82, 2.24) is 9.78 Å². The topological polar surface area (TPSA) is 64.0 Å². The van der Waals surface area contributed by atoms with Gasteiger partial charge in [-0.3, -0.25) is 9.59 Å². The van der Waals surface area contributed by atoms with Gasteiger partial charge >= 0.3 is 6.18 Å². The molecule has 0 bridgehead atoms. The molecule has 0 aliphatic rings. The molecule has 1 N–H and O–H groups in total. The number of amides is 1. The molecule has 8 heteroatoms. The van der Waals surface area contributed by atoms with Crippen molar-refractivity contribution in [2.45, 2.75) is 26.1 Å². The van der Waals surface area contributed by atoms with E-state index in [0.717, 1.165) is 12.1 Å². The first kappa shape index (κ1) is 18.6. The number of nitrogens with one attached hydrogen (secondary N) is 1. The van der Waals surface area contributed by atoms with E-state index < -0.39 is 17.6 Å². The number of hydrogen-bond donors (Lipinski definition) is 1. The molecule has 1 amide bonds. The van der Waals surface area contributed by atoms with Crippen molar-refractivity contribution < 1.29 is 18.0 Å². The predicted octanol–water partition coefficient (Wildman–Crippen LogP) is 4.25. The summed E-state index contributed by atoms with van der Waals surface area (Å²) >= 11 is 0. The van der Waals surface area contributed by atoms with Gasteiger partial charge in [-0.25, -0.2) is 4.68 Å². The van der Waals surface area contributed by atoms with Crippen LogP contribution in [0.5, 0.6) is 0 Å². The quantitative estimate of drug-likeness (QED) is 0.744. The molecule has 1 heterocycles. The van der Waals surface area contributed by atoms with Crippen molar-refractivity contribution in [3.8, 4) is 0 Å². The van der Waals surface area contributed by atoms with Crippen molar-refractivity contribution >= 4 is 22.4 Å². The van der Waals surface area contributed by atoms with Gasteiger partial charge in [0.2, 0.25) is 0 Å². The highest BCUT2D eigenvalue weighted by molar-refractivity contribution is 6.11. The summed E-state index contributed by atoms with van der Waals surface area (Å²) in [6, 6.07) is 10.4. The molecule has 2 aromatic carbocycles. The van der Waals surface area contributed by atoms with E-state index in [1.165, 1.54) is 16.8 Å². The Morgan fingerprint density at radius 1 is 1.04 bits per heavy atom. The monoisotopic (exact) mass is 375 g/mol. The van der Waals surface area contributed by atoms with E-state index in [4.69, 9.17) is 0 Å². The van der Waals surface area contributed by atoms with E-state index in [9.17, 15) is 22.8 Å². The lowest BCUT2D eigenvalue weighted by molar-refractivity contribution is -0.137. The van der Waals surface area contributed by atoms with Crippen LogP contribution in [0.15, 0.2) is 53.3 Å². The second kappa shape index (κ2) is 6.86. The average molecular weight is 375 g/mol. The van der Waals surface area contributed by atoms with Gasteiger partial charge in [-0.15, -0.1) is 0 Å². The lowest BCUT2D eigenvalue weighted by atomic mass is 10.1. The SMILES string of the molecule is CC(C)n1nc(C(=O)Nc2ccc(C(F)(F)F)cc2)c2ccccc2c1=O. The van der Waals surface area contributed by atoms with Crippen LogP contribution in [0.25, 0.3) is 10.8 Å². The minimum absolute atomic E-state index is 0.0267. The number of aromatic nitrogens is 2. The largest absolute Gasteiger partial charge is 0.416 e.